The van der Waals surface area contributed by atoms with E-state index in [0.717, 1.165) is 27.9 Å². The normalized spacial score (nSPS) is 10.7. The Bertz CT molecular complexity index is 896. The molecule has 6 heteroatoms. The highest BCUT2D eigenvalue weighted by Crippen LogP contribution is 2.28. The summed E-state index contributed by atoms with van der Waals surface area (Å²) in [5.41, 5.74) is 4.70. The summed E-state index contributed by atoms with van der Waals surface area (Å²) in [5.74, 6) is 0.613. The van der Waals surface area contributed by atoms with Crippen molar-refractivity contribution < 1.29 is 19.1 Å². The van der Waals surface area contributed by atoms with E-state index >= 15 is 0 Å². The van der Waals surface area contributed by atoms with Gasteiger partial charge in [0.05, 0.1) is 20.3 Å². The molecular formula is C23H28N2O4. The molecular weight excluding hydrogens is 368 g/mol. The second-order valence-corrected chi connectivity index (χ2v) is 6.72. The van der Waals surface area contributed by atoms with E-state index < -0.39 is 0 Å². The number of ether oxygens (including phenoxy) is 2. The number of aryl methyl sites for hydroxylation is 3. The molecule has 2 N–H and O–H groups in total. The lowest BCUT2D eigenvalue weighted by atomic mass is 10.1. The van der Waals surface area contributed by atoms with Crippen molar-refractivity contribution in [3.8, 4) is 11.5 Å². The minimum absolute atomic E-state index is 0.109. The summed E-state index contributed by atoms with van der Waals surface area (Å²) < 4.78 is 10.8. The van der Waals surface area contributed by atoms with Crippen molar-refractivity contribution in [2.24, 2.45) is 0 Å². The molecule has 0 aliphatic carbocycles. The maximum atomic E-state index is 12.2. The molecule has 0 atom stereocenters. The fraction of sp³-hybridized carbons (Fsp3) is 0.304. The van der Waals surface area contributed by atoms with Gasteiger partial charge in [-0.15, -0.1) is 0 Å². The van der Waals surface area contributed by atoms with Crippen molar-refractivity contribution >= 4 is 23.6 Å². The summed E-state index contributed by atoms with van der Waals surface area (Å²) in [7, 11) is 1.56. The fourth-order valence-electron chi connectivity index (χ4n) is 3.02. The Morgan fingerprint density at radius 1 is 1.03 bits per heavy atom. The van der Waals surface area contributed by atoms with Gasteiger partial charge in [0.1, 0.15) is 0 Å². The third-order valence-corrected chi connectivity index (χ3v) is 4.28. The third kappa shape index (κ3) is 6.38. The molecule has 0 unspecified atom stereocenters. The van der Waals surface area contributed by atoms with Crippen LogP contribution in [0.5, 0.6) is 11.5 Å². The minimum Gasteiger partial charge on any atom is -0.493 e. The predicted molar refractivity (Wildman–Crippen MR) is 115 cm³/mol. The van der Waals surface area contributed by atoms with Gasteiger partial charge in [-0.05, 0) is 62.6 Å². The number of hydrogen-bond donors (Lipinski definition) is 2. The summed E-state index contributed by atoms with van der Waals surface area (Å²) in [6.45, 7) is 8.23. The molecule has 2 aromatic rings. The zero-order valence-electron chi connectivity index (χ0n) is 17.6. The van der Waals surface area contributed by atoms with Gasteiger partial charge in [0.15, 0.2) is 11.5 Å². The highest BCUT2D eigenvalue weighted by Gasteiger charge is 2.09. The minimum atomic E-state index is -0.356. The summed E-state index contributed by atoms with van der Waals surface area (Å²) in [4.78, 5) is 24.2. The van der Waals surface area contributed by atoms with Crippen molar-refractivity contribution in [3.05, 3.63) is 58.7 Å². The Balaban J connectivity index is 1.92. The van der Waals surface area contributed by atoms with Crippen LogP contribution >= 0.6 is 0 Å². The van der Waals surface area contributed by atoms with Crippen LogP contribution in [0, 0.1) is 20.8 Å². The number of rotatable bonds is 8. The Hall–Kier alpha value is -3.28. The van der Waals surface area contributed by atoms with Crippen LogP contribution in [0.1, 0.15) is 29.2 Å². The molecule has 2 amide bonds. The average molecular weight is 396 g/mol. The van der Waals surface area contributed by atoms with Gasteiger partial charge in [0.2, 0.25) is 11.8 Å². The first-order valence-electron chi connectivity index (χ1n) is 9.48. The van der Waals surface area contributed by atoms with Crippen LogP contribution in [0.15, 0.2) is 36.4 Å². The van der Waals surface area contributed by atoms with Gasteiger partial charge in [-0.2, -0.15) is 0 Å². The highest BCUT2D eigenvalue weighted by molar-refractivity contribution is 5.98. The summed E-state index contributed by atoms with van der Waals surface area (Å²) >= 11 is 0. The summed E-state index contributed by atoms with van der Waals surface area (Å²) in [6.07, 6.45) is 3.03. The average Bonchev–Trinajstić information content (AvgIpc) is 2.68. The topological polar surface area (TPSA) is 76.7 Å². The van der Waals surface area contributed by atoms with Crippen molar-refractivity contribution in [3.63, 3.8) is 0 Å². The van der Waals surface area contributed by atoms with Crippen molar-refractivity contribution in [2.75, 3.05) is 25.6 Å². The van der Waals surface area contributed by atoms with E-state index in [2.05, 4.69) is 10.6 Å². The van der Waals surface area contributed by atoms with E-state index in [0.29, 0.717) is 18.1 Å². The van der Waals surface area contributed by atoms with Crippen molar-refractivity contribution in [1.29, 1.82) is 0 Å². The number of benzene rings is 2. The molecule has 6 nitrogen and oxygen atoms in total. The first-order valence-corrected chi connectivity index (χ1v) is 9.48. The molecule has 0 aliphatic heterocycles. The second-order valence-electron chi connectivity index (χ2n) is 6.72. The van der Waals surface area contributed by atoms with Gasteiger partial charge in [-0.25, -0.2) is 0 Å². The lowest BCUT2D eigenvalue weighted by Gasteiger charge is -2.13. The predicted octanol–water partition coefficient (Wildman–Crippen LogP) is 3.79. The first-order chi connectivity index (χ1) is 13.8. The van der Waals surface area contributed by atoms with Crippen LogP contribution in [0.2, 0.25) is 0 Å². The van der Waals surface area contributed by atoms with Crippen molar-refractivity contribution in [2.45, 2.75) is 27.7 Å². The van der Waals surface area contributed by atoms with E-state index in [9.17, 15) is 9.59 Å². The molecule has 0 bridgehead atoms. The molecule has 0 radical (unpaired) electrons. The number of nitrogens with one attached hydrogen (secondary N) is 2. The molecule has 0 saturated heterocycles. The Kier molecular flexibility index (Phi) is 7.83. The molecule has 2 aromatic carbocycles. The zero-order chi connectivity index (χ0) is 21.4. The smallest absolute Gasteiger partial charge is 0.244 e. The van der Waals surface area contributed by atoms with E-state index in [-0.39, 0.29) is 18.4 Å². The lowest BCUT2D eigenvalue weighted by Crippen LogP contribution is -2.32. The van der Waals surface area contributed by atoms with Crippen LogP contribution in [0.25, 0.3) is 6.08 Å². The van der Waals surface area contributed by atoms with E-state index in [1.54, 1.807) is 25.3 Å². The molecule has 0 aliphatic rings. The van der Waals surface area contributed by atoms with Gasteiger partial charge in [0, 0.05) is 11.8 Å². The van der Waals surface area contributed by atoms with Crippen LogP contribution in [-0.4, -0.2) is 32.1 Å². The maximum absolute atomic E-state index is 12.2. The number of carbonyl (C=O) groups excluding carboxylic acids is 2. The SMILES string of the molecule is CCOc1ccc(C=CC(=O)NCC(=O)Nc2c(C)cc(C)cc2C)cc1OC. The molecule has 0 aromatic heterocycles. The fourth-order valence-corrected chi connectivity index (χ4v) is 3.02. The van der Waals surface area contributed by atoms with Gasteiger partial charge < -0.3 is 20.1 Å². The quantitative estimate of drug-likeness (QED) is 0.666. The number of carbonyl (C=O) groups is 2. The number of amides is 2. The Morgan fingerprint density at radius 3 is 2.34 bits per heavy atom. The van der Waals surface area contributed by atoms with Gasteiger partial charge >= 0.3 is 0 Å². The van der Waals surface area contributed by atoms with Crippen LogP contribution in [-0.2, 0) is 9.59 Å². The number of anilines is 1. The Morgan fingerprint density at radius 2 is 1.72 bits per heavy atom. The zero-order valence-corrected chi connectivity index (χ0v) is 17.6. The van der Waals surface area contributed by atoms with Gasteiger partial charge in [-0.1, -0.05) is 23.8 Å². The highest BCUT2D eigenvalue weighted by atomic mass is 16.5. The molecule has 2 rings (SSSR count). The molecule has 0 heterocycles. The molecule has 29 heavy (non-hydrogen) atoms. The van der Waals surface area contributed by atoms with Crippen LogP contribution in [0.4, 0.5) is 5.69 Å². The Labute approximate surface area is 171 Å². The molecule has 154 valence electrons. The van der Waals surface area contributed by atoms with E-state index in [1.807, 2.05) is 45.9 Å². The summed E-state index contributed by atoms with van der Waals surface area (Å²) in [5, 5.41) is 5.45. The largest absolute Gasteiger partial charge is 0.493 e. The maximum Gasteiger partial charge on any atom is 0.244 e. The van der Waals surface area contributed by atoms with Gasteiger partial charge in [0.25, 0.3) is 0 Å². The van der Waals surface area contributed by atoms with E-state index in [4.69, 9.17) is 9.47 Å². The monoisotopic (exact) mass is 396 g/mol. The van der Waals surface area contributed by atoms with Gasteiger partial charge in [-0.3, -0.25) is 9.59 Å². The molecule has 0 fully saturated rings. The third-order valence-electron chi connectivity index (χ3n) is 4.28. The molecule has 0 saturated carbocycles. The first kappa shape index (κ1) is 22.0. The van der Waals surface area contributed by atoms with E-state index in [1.165, 1.54) is 6.08 Å². The number of methoxy groups -OCH3 is 1. The van der Waals surface area contributed by atoms with Crippen LogP contribution < -0.4 is 20.1 Å². The lowest BCUT2D eigenvalue weighted by molar-refractivity contribution is -0.121. The summed E-state index contributed by atoms with van der Waals surface area (Å²) in [6, 6.07) is 9.42. The second kappa shape index (κ2) is 10.3. The molecule has 0 spiro atoms. The van der Waals surface area contributed by atoms with Crippen LogP contribution in [0.3, 0.4) is 0 Å². The van der Waals surface area contributed by atoms with Crippen molar-refractivity contribution in [1.82, 2.24) is 5.32 Å². The standard InChI is InChI=1S/C23H28N2O4/c1-6-29-19-9-7-18(13-20(19)28-5)8-10-21(26)24-14-22(27)25-23-16(3)11-15(2)12-17(23)4/h7-13H,6,14H2,1-5H3,(H,24,26)(H,25,27). The number of hydrogen-bond acceptors (Lipinski definition) is 4.